The Morgan fingerprint density at radius 1 is 1.18 bits per heavy atom. The van der Waals surface area contributed by atoms with Gasteiger partial charge in [0.05, 0.1) is 5.56 Å². The number of carbonyl (C=O) groups is 1. The molecule has 3 rings (SSSR count). The minimum absolute atomic E-state index is 0.217. The maximum Gasteiger partial charge on any atom is 0.258 e. The van der Waals surface area contributed by atoms with Gasteiger partial charge in [0.25, 0.3) is 5.91 Å². The van der Waals surface area contributed by atoms with Crippen LogP contribution >= 0.6 is 15.9 Å². The average molecular weight is 361 g/mol. The molecule has 1 aromatic heterocycles. The molecule has 5 nitrogen and oxygen atoms in total. The molecule has 1 aliphatic rings. The normalized spacial score (nSPS) is 14.8. The molecule has 2 N–H and O–H groups in total. The first kappa shape index (κ1) is 15.0. The van der Waals surface area contributed by atoms with Crippen LogP contribution < -0.4 is 10.6 Å². The Labute approximate surface area is 137 Å². The monoisotopic (exact) mass is 360 g/mol. The maximum absolute atomic E-state index is 12.2. The van der Waals surface area contributed by atoms with Crippen molar-refractivity contribution in [1.29, 1.82) is 0 Å². The summed E-state index contributed by atoms with van der Waals surface area (Å²) in [5.41, 5.74) is 1.17. The van der Waals surface area contributed by atoms with Gasteiger partial charge in [-0.25, -0.2) is 9.97 Å². The summed E-state index contributed by atoms with van der Waals surface area (Å²) in [6.45, 7) is 0. The topological polar surface area (TPSA) is 66.9 Å². The molecule has 0 spiro atoms. The zero-order chi connectivity index (χ0) is 15.4. The highest BCUT2D eigenvalue weighted by atomic mass is 79.9. The van der Waals surface area contributed by atoms with Gasteiger partial charge in [0.15, 0.2) is 0 Å². The van der Waals surface area contributed by atoms with E-state index in [0.29, 0.717) is 17.6 Å². The largest absolute Gasteiger partial charge is 0.351 e. The Bertz CT molecular complexity index is 653. The molecule has 0 bridgehead atoms. The van der Waals surface area contributed by atoms with Crippen LogP contribution in [0.2, 0.25) is 0 Å². The first-order chi connectivity index (χ1) is 10.7. The minimum atomic E-state index is -0.217. The highest BCUT2D eigenvalue weighted by Gasteiger charge is 2.15. The average Bonchev–Trinajstić information content (AvgIpc) is 3.01. The molecule has 22 heavy (non-hydrogen) atoms. The predicted octanol–water partition coefficient (Wildman–Crippen LogP) is 3.85. The van der Waals surface area contributed by atoms with Crippen LogP contribution in [-0.4, -0.2) is 21.9 Å². The second-order valence-electron chi connectivity index (χ2n) is 5.39. The van der Waals surface area contributed by atoms with Crippen LogP contribution in [0.25, 0.3) is 0 Å². The van der Waals surface area contributed by atoms with Crippen molar-refractivity contribution in [1.82, 2.24) is 9.97 Å². The van der Waals surface area contributed by atoms with Crippen LogP contribution in [0.15, 0.2) is 41.1 Å². The van der Waals surface area contributed by atoms with E-state index in [0.717, 1.165) is 23.0 Å². The molecule has 0 radical (unpaired) electrons. The standard InChI is InChI=1S/C16H17BrN4O/c17-12-4-3-7-14(8-12)20-15(22)11-9-18-16(19-10-11)21-13-5-1-2-6-13/h3-4,7-10,13H,1-2,5-6H2,(H,20,22)(H,18,19,21). The summed E-state index contributed by atoms with van der Waals surface area (Å²) in [6, 6.07) is 7.91. The zero-order valence-electron chi connectivity index (χ0n) is 12.1. The highest BCUT2D eigenvalue weighted by molar-refractivity contribution is 9.10. The second-order valence-corrected chi connectivity index (χ2v) is 6.30. The van der Waals surface area contributed by atoms with E-state index in [1.54, 1.807) is 12.4 Å². The van der Waals surface area contributed by atoms with E-state index in [9.17, 15) is 4.79 Å². The number of hydrogen-bond donors (Lipinski definition) is 2. The van der Waals surface area contributed by atoms with Crippen molar-refractivity contribution in [3.05, 3.63) is 46.7 Å². The van der Waals surface area contributed by atoms with Crippen LogP contribution in [0.1, 0.15) is 36.0 Å². The van der Waals surface area contributed by atoms with E-state index < -0.39 is 0 Å². The van der Waals surface area contributed by atoms with Gasteiger partial charge < -0.3 is 10.6 Å². The SMILES string of the molecule is O=C(Nc1cccc(Br)c1)c1cnc(NC2CCCC2)nc1. The molecule has 6 heteroatoms. The summed E-state index contributed by atoms with van der Waals surface area (Å²) < 4.78 is 0.915. The smallest absolute Gasteiger partial charge is 0.258 e. The first-order valence-electron chi connectivity index (χ1n) is 7.36. The van der Waals surface area contributed by atoms with Crippen molar-refractivity contribution >= 4 is 33.5 Å². The summed E-state index contributed by atoms with van der Waals surface area (Å²) in [4.78, 5) is 20.6. The highest BCUT2D eigenvalue weighted by Crippen LogP contribution is 2.20. The lowest BCUT2D eigenvalue weighted by Crippen LogP contribution is -2.18. The lowest BCUT2D eigenvalue weighted by molar-refractivity contribution is 0.102. The fourth-order valence-corrected chi connectivity index (χ4v) is 2.94. The van der Waals surface area contributed by atoms with Crippen molar-refractivity contribution in [2.45, 2.75) is 31.7 Å². The summed E-state index contributed by atoms with van der Waals surface area (Å²) in [6.07, 6.45) is 7.94. The van der Waals surface area contributed by atoms with Crippen LogP contribution in [0.4, 0.5) is 11.6 Å². The van der Waals surface area contributed by atoms with Gasteiger partial charge in [0, 0.05) is 28.6 Å². The summed E-state index contributed by atoms with van der Waals surface area (Å²) in [7, 11) is 0. The van der Waals surface area contributed by atoms with Gasteiger partial charge in [0.2, 0.25) is 5.95 Å². The molecule has 0 unspecified atom stereocenters. The summed E-state index contributed by atoms with van der Waals surface area (Å²) in [5.74, 6) is 0.372. The second kappa shape index (κ2) is 6.87. The number of amides is 1. The Balaban J connectivity index is 1.63. The number of rotatable bonds is 4. The van der Waals surface area contributed by atoms with Crippen LogP contribution in [-0.2, 0) is 0 Å². The minimum Gasteiger partial charge on any atom is -0.351 e. The van der Waals surface area contributed by atoms with Crippen molar-refractivity contribution in [2.24, 2.45) is 0 Å². The number of carbonyl (C=O) groups excluding carboxylic acids is 1. The maximum atomic E-state index is 12.2. The molecule has 1 heterocycles. The molecule has 0 aliphatic heterocycles. The van der Waals surface area contributed by atoms with Gasteiger partial charge in [-0.2, -0.15) is 0 Å². The molecule has 1 aromatic carbocycles. The van der Waals surface area contributed by atoms with Gasteiger partial charge in [0.1, 0.15) is 0 Å². The van der Waals surface area contributed by atoms with E-state index in [2.05, 4.69) is 36.5 Å². The number of benzene rings is 1. The Kier molecular flexibility index (Phi) is 4.68. The molecule has 114 valence electrons. The first-order valence-corrected chi connectivity index (χ1v) is 8.15. The Morgan fingerprint density at radius 2 is 1.91 bits per heavy atom. The van der Waals surface area contributed by atoms with Gasteiger partial charge in [-0.05, 0) is 31.0 Å². The fraction of sp³-hybridized carbons (Fsp3) is 0.312. The van der Waals surface area contributed by atoms with E-state index in [4.69, 9.17) is 0 Å². The van der Waals surface area contributed by atoms with Gasteiger partial charge in [-0.3, -0.25) is 4.79 Å². The van der Waals surface area contributed by atoms with E-state index >= 15 is 0 Å². The lowest BCUT2D eigenvalue weighted by atomic mass is 10.2. The van der Waals surface area contributed by atoms with Crippen molar-refractivity contribution in [3.63, 3.8) is 0 Å². The van der Waals surface area contributed by atoms with E-state index in [-0.39, 0.29) is 5.91 Å². The van der Waals surface area contributed by atoms with Crippen LogP contribution in [0, 0.1) is 0 Å². The van der Waals surface area contributed by atoms with Crippen molar-refractivity contribution in [3.8, 4) is 0 Å². The molecule has 2 aromatic rings. The molecule has 1 fully saturated rings. The van der Waals surface area contributed by atoms with Gasteiger partial charge in [-0.15, -0.1) is 0 Å². The molecular formula is C16H17BrN4O. The van der Waals surface area contributed by atoms with Crippen LogP contribution in [0.5, 0.6) is 0 Å². The lowest BCUT2D eigenvalue weighted by Gasteiger charge is -2.11. The molecular weight excluding hydrogens is 344 g/mol. The number of halogens is 1. The molecule has 1 aliphatic carbocycles. The number of hydrogen-bond acceptors (Lipinski definition) is 4. The number of aromatic nitrogens is 2. The Hall–Kier alpha value is -1.95. The van der Waals surface area contributed by atoms with E-state index in [1.165, 1.54) is 12.8 Å². The quantitative estimate of drug-likeness (QED) is 0.868. The molecule has 1 saturated carbocycles. The van der Waals surface area contributed by atoms with Crippen molar-refractivity contribution < 1.29 is 4.79 Å². The Morgan fingerprint density at radius 3 is 2.59 bits per heavy atom. The zero-order valence-corrected chi connectivity index (χ0v) is 13.6. The van der Waals surface area contributed by atoms with E-state index in [1.807, 2.05) is 24.3 Å². The summed E-state index contributed by atoms with van der Waals surface area (Å²) in [5, 5.41) is 6.13. The van der Waals surface area contributed by atoms with Gasteiger partial charge in [-0.1, -0.05) is 34.8 Å². The molecule has 0 saturated heterocycles. The molecule has 1 amide bonds. The molecule has 0 atom stereocenters. The number of nitrogens with zero attached hydrogens (tertiary/aromatic N) is 2. The third kappa shape index (κ3) is 3.82. The number of nitrogens with one attached hydrogen (secondary N) is 2. The van der Waals surface area contributed by atoms with Crippen LogP contribution in [0.3, 0.4) is 0 Å². The number of anilines is 2. The predicted molar refractivity (Wildman–Crippen MR) is 90.0 cm³/mol. The third-order valence-corrected chi connectivity index (χ3v) is 4.18. The van der Waals surface area contributed by atoms with Crippen molar-refractivity contribution in [2.75, 3.05) is 10.6 Å². The summed E-state index contributed by atoms with van der Waals surface area (Å²) >= 11 is 3.38. The third-order valence-electron chi connectivity index (χ3n) is 3.68. The van der Waals surface area contributed by atoms with Gasteiger partial charge >= 0.3 is 0 Å². The fourth-order valence-electron chi connectivity index (χ4n) is 2.54.